The topological polar surface area (TPSA) is 28.4 Å². The molecule has 0 bridgehead atoms. The fourth-order valence-corrected chi connectivity index (χ4v) is 2.66. The molecule has 2 aliphatic rings. The molecule has 0 radical (unpaired) electrons. The van der Waals surface area contributed by atoms with E-state index in [9.17, 15) is 0 Å². The molecule has 1 aromatic rings. The zero-order valence-electron chi connectivity index (χ0n) is 12.0. The van der Waals surface area contributed by atoms with Gasteiger partial charge >= 0.3 is 0 Å². The highest BCUT2D eigenvalue weighted by atomic mass is 16.3. The van der Waals surface area contributed by atoms with Crippen molar-refractivity contribution in [3.63, 3.8) is 0 Å². The molecule has 106 valence electrons. The van der Waals surface area contributed by atoms with Crippen molar-refractivity contribution >= 4 is 0 Å². The summed E-state index contributed by atoms with van der Waals surface area (Å²) in [6, 6.07) is 2.12. The first kappa shape index (κ1) is 13.2. The summed E-state index contributed by atoms with van der Waals surface area (Å²) in [5.41, 5.74) is 1.33. The Hall–Kier alpha value is -0.800. The molecule has 0 aliphatic heterocycles. The molecule has 1 heterocycles. The standard InChI is InChI=1S/C16H26N2O/c1-2-17-9-15-7-8-19-16(15)12-18(10-13-3-4-13)11-14-5-6-14/h7-8,13-14,17H,2-6,9-12H2,1H3. The largest absolute Gasteiger partial charge is 0.468 e. The van der Waals surface area contributed by atoms with Crippen LogP contribution in [0.1, 0.15) is 43.9 Å². The van der Waals surface area contributed by atoms with Crippen LogP contribution in [0.5, 0.6) is 0 Å². The molecule has 2 fully saturated rings. The Morgan fingerprint density at radius 2 is 1.89 bits per heavy atom. The highest BCUT2D eigenvalue weighted by molar-refractivity contribution is 5.17. The summed E-state index contributed by atoms with van der Waals surface area (Å²) in [6.07, 6.45) is 7.58. The van der Waals surface area contributed by atoms with E-state index >= 15 is 0 Å². The lowest BCUT2D eigenvalue weighted by atomic mass is 10.2. The summed E-state index contributed by atoms with van der Waals surface area (Å²) in [5, 5.41) is 3.39. The van der Waals surface area contributed by atoms with E-state index in [0.717, 1.165) is 31.5 Å². The number of rotatable bonds is 9. The van der Waals surface area contributed by atoms with Gasteiger partial charge in [-0.1, -0.05) is 6.92 Å². The first-order chi connectivity index (χ1) is 9.35. The molecule has 0 spiro atoms. The molecule has 3 rings (SSSR count). The molecular weight excluding hydrogens is 236 g/mol. The zero-order chi connectivity index (χ0) is 13.1. The van der Waals surface area contributed by atoms with E-state index in [1.54, 1.807) is 0 Å². The number of hydrogen-bond donors (Lipinski definition) is 1. The number of furan rings is 1. The van der Waals surface area contributed by atoms with Gasteiger partial charge in [0.1, 0.15) is 5.76 Å². The molecule has 0 aromatic carbocycles. The second kappa shape index (κ2) is 6.10. The molecule has 1 aromatic heterocycles. The van der Waals surface area contributed by atoms with Crippen molar-refractivity contribution in [2.45, 2.75) is 45.7 Å². The zero-order valence-corrected chi connectivity index (χ0v) is 12.0. The molecular formula is C16H26N2O. The quantitative estimate of drug-likeness (QED) is 0.741. The Balaban J connectivity index is 1.57. The second-order valence-corrected chi connectivity index (χ2v) is 6.23. The monoisotopic (exact) mass is 262 g/mol. The lowest BCUT2D eigenvalue weighted by Crippen LogP contribution is -2.28. The number of hydrogen-bond acceptors (Lipinski definition) is 3. The van der Waals surface area contributed by atoms with Crippen LogP contribution in [0.15, 0.2) is 16.7 Å². The van der Waals surface area contributed by atoms with Crippen molar-refractivity contribution in [1.82, 2.24) is 10.2 Å². The van der Waals surface area contributed by atoms with Gasteiger partial charge in [0, 0.05) is 25.2 Å². The summed E-state index contributed by atoms with van der Waals surface area (Å²) in [7, 11) is 0. The maximum Gasteiger partial charge on any atom is 0.122 e. The average Bonchev–Trinajstić information content (AvgIpc) is 3.31. The molecule has 3 heteroatoms. The molecule has 1 N–H and O–H groups in total. The molecule has 0 amide bonds. The minimum absolute atomic E-state index is 0.934. The van der Waals surface area contributed by atoms with Crippen LogP contribution >= 0.6 is 0 Å². The Labute approximate surface area is 116 Å². The van der Waals surface area contributed by atoms with Crippen molar-refractivity contribution in [2.75, 3.05) is 19.6 Å². The van der Waals surface area contributed by atoms with Gasteiger partial charge in [-0.25, -0.2) is 0 Å². The lowest BCUT2D eigenvalue weighted by molar-refractivity contribution is 0.224. The third-order valence-corrected chi connectivity index (χ3v) is 4.20. The maximum absolute atomic E-state index is 5.71. The third kappa shape index (κ3) is 4.08. The molecule has 0 saturated heterocycles. The van der Waals surface area contributed by atoms with Crippen LogP contribution in [-0.4, -0.2) is 24.5 Å². The fraction of sp³-hybridized carbons (Fsp3) is 0.750. The maximum atomic E-state index is 5.71. The van der Waals surface area contributed by atoms with Gasteiger partial charge in [0.15, 0.2) is 0 Å². The highest BCUT2D eigenvalue weighted by Crippen LogP contribution is 2.34. The Bertz CT molecular complexity index is 379. The van der Waals surface area contributed by atoms with Gasteiger partial charge in [0.05, 0.1) is 12.8 Å². The first-order valence-electron chi connectivity index (χ1n) is 7.83. The summed E-state index contributed by atoms with van der Waals surface area (Å²) in [6.45, 7) is 7.64. The average molecular weight is 262 g/mol. The van der Waals surface area contributed by atoms with Gasteiger partial charge in [-0.05, 0) is 50.1 Å². The summed E-state index contributed by atoms with van der Waals surface area (Å²) < 4.78 is 5.71. The van der Waals surface area contributed by atoms with Crippen LogP contribution in [0.2, 0.25) is 0 Å². The lowest BCUT2D eigenvalue weighted by Gasteiger charge is -2.21. The molecule has 2 aliphatic carbocycles. The third-order valence-electron chi connectivity index (χ3n) is 4.20. The van der Waals surface area contributed by atoms with Gasteiger partial charge in [-0.2, -0.15) is 0 Å². The van der Waals surface area contributed by atoms with Crippen molar-refractivity contribution in [1.29, 1.82) is 0 Å². The number of nitrogens with one attached hydrogen (secondary N) is 1. The van der Waals surface area contributed by atoms with Crippen molar-refractivity contribution < 1.29 is 4.42 Å². The minimum atomic E-state index is 0.934. The van der Waals surface area contributed by atoms with Gasteiger partial charge < -0.3 is 9.73 Å². The molecule has 2 saturated carbocycles. The van der Waals surface area contributed by atoms with E-state index in [-0.39, 0.29) is 0 Å². The summed E-state index contributed by atoms with van der Waals surface area (Å²) >= 11 is 0. The van der Waals surface area contributed by atoms with Gasteiger partial charge in [-0.15, -0.1) is 0 Å². The number of nitrogens with zero attached hydrogens (tertiary/aromatic N) is 1. The van der Waals surface area contributed by atoms with Crippen LogP contribution in [-0.2, 0) is 13.1 Å². The highest BCUT2D eigenvalue weighted by Gasteiger charge is 2.29. The van der Waals surface area contributed by atoms with E-state index in [4.69, 9.17) is 4.42 Å². The molecule has 19 heavy (non-hydrogen) atoms. The Morgan fingerprint density at radius 3 is 2.47 bits per heavy atom. The molecule has 0 unspecified atom stereocenters. The summed E-state index contributed by atoms with van der Waals surface area (Å²) in [5.74, 6) is 3.10. The Kier molecular flexibility index (Phi) is 4.24. The van der Waals surface area contributed by atoms with Gasteiger partial charge in [-0.3, -0.25) is 4.90 Å². The van der Waals surface area contributed by atoms with E-state index in [2.05, 4.69) is 23.2 Å². The fourth-order valence-electron chi connectivity index (χ4n) is 2.66. The van der Waals surface area contributed by atoms with E-state index < -0.39 is 0 Å². The van der Waals surface area contributed by atoms with Crippen LogP contribution in [0, 0.1) is 11.8 Å². The van der Waals surface area contributed by atoms with Gasteiger partial charge in [0.25, 0.3) is 0 Å². The van der Waals surface area contributed by atoms with Crippen molar-refractivity contribution in [3.05, 3.63) is 23.7 Å². The van der Waals surface area contributed by atoms with Crippen LogP contribution in [0.25, 0.3) is 0 Å². The summed E-state index contributed by atoms with van der Waals surface area (Å²) in [4.78, 5) is 2.63. The predicted octanol–water partition coefficient (Wildman–Crippen LogP) is 3.01. The first-order valence-corrected chi connectivity index (χ1v) is 7.83. The van der Waals surface area contributed by atoms with E-state index in [1.165, 1.54) is 50.1 Å². The predicted molar refractivity (Wildman–Crippen MR) is 76.8 cm³/mol. The molecule has 3 nitrogen and oxygen atoms in total. The minimum Gasteiger partial charge on any atom is -0.468 e. The van der Waals surface area contributed by atoms with Crippen molar-refractivity contribution in [2.24, 2.45) is 11.8 Å². The molecule has 0 atom stereocenters. The normalized spacial score (nSPS) is 19.3. The van der Waals surface area contributed by atoms with Crippen LogP contribution < -0.4 is 5.32 Å². The van der Waals surface area contributed by atoms with Crippen LogP contribution in [0.4, 0.5) is 0 Å². The van der Waals surface area contributed by atoms with Crippen LogP contribution in [0.3, 0.4) is 0 Å². The second-order valence-electron chi connectivity index (χ2n) is 6.23. The van der Waals surface area contributed by atoms with E-state index in [1.807, 2.05) is 6.26 Å². The SMILES string of the molecule is CCNCc1ccoc1CN(CC1CC1)CC1CC1. The van der Waals surface area contributed by atoms with E-state index in [0.29, 0.717) is 0 Å². The Morgan fingerprint density at radius 1 is 1.21 bits per heavy atom. The van der Waals surface area contributed by atoms with Gasteiger partial charge in [0.2, 0.25) is 0 Å². The smallest absolute Gasteiger partial charge is 0.122 e. The van der Waals surface area contributed by atoms with Crippen molar-refractivity contribution in [3.8, 4) is 0 Å².